The fraction of sp³-hybridized carbons (Fsp3) is 0.600. The summed E-state index contributed by atoms with van der Waals surface area (Å²) < 4.78 is 82.0. The van der Waals surface area contributed by atoms with E-state index in [1.807, 2.05) is 0 Å². The number of alkyl halides is 5. The number of nitrogens with one attached hydrogen (secondary N) is 2. The Kier molecular flexibility index (Phi) is 7.55. The van der Waals surface area contributed by atoms with Crippen molar-refractivity contribution in [1.82, 2.24) is 25.1 Å². The van der Waals surface area contributed by atoms with Crippen molar-refractivity contribution < 1.29 is 41.0 Å². The average molecular weight is 508 g/mol. The number of likely N-dealkylation sites (tertiary alicyclic amines) is 1. The van der Waals surface area contributed by atoms with Crippen LogP contribution in [0.2, 0.25) is 0 Å². The molecule has 3 rings (SSSR count). The summed E-state index contributed by atoms with van der Waals surface area (Å²) in [6.45, 7) is 1.78. The van der Waals surface area contributed by atoms with Gasteiger partial charge in [0, 0.05) is 25.6 Å². The number of H-pyrrole nitrogens is 1. The molecule has 1 atom stereocenters. The van der Waals surface area contributed by atoms with Gasteiger partial charge < -0.3 is 24.4 Å². The zero-order valence-corrected chi connectivity index (χ0v) is 19.2. The summed E-state index contributed by atoms with van der Waals surface area (Å²) in [6, 6.07) is 1.11. The minimum absolute atomic E-state index is 0.0140. The molecule has 194 valence electrons. The van der Waals surface area contributed by atoms with E-state index in [2.05, 4.69) is 30.2 Å². The van der Waals surface area contributed by atoms with Crippen LogP contribution in [0.25, 0.3) is 0 Å². The van der Waals surface area contributed by atoms with Gasteiger partial charge in [0.05, 0.1) is 12.4 Å². The average Bonchev–Trinajstić information content (AvgIpc) is 3.01. The van der Waals surface area contributed by atoms with Crippen LogP contribution < -0.4 is 14.8 Å². The summed E-state index contributed by atoms with van der Waals surface area (Å²) in [5.41, 5.74) is -3.40. The van der Waals surface area contributed by atoms with E-state index in [0.29, 0.717) is 0 Å². The number of amides is 1. The van der Waals surface area contributed by atoms with E-state index >= 15 is 0 Å². The number of carbonyl (C=O) groups is 1. The number of hydrogen-bond donors (Lipinski definition) is 2. The van der Waals surface area contributed by atoms with Gasteiger partial charge in [-0.1, -0.05) is 0 Å². The van der Waals surface area contributed by atoms with Crippen molar-refractivity contribution in [1.29, 1.82) is 0 Å². The Morgan fingerprint density at radius 1 is 1.17 bits per heavy atom. The Morgan fingerprint density at radius 2 is 1.91 bits per heavy atom. The molecule has 1 amide bonds. The van der Waals surface area contributed by atoms with Gasteiger partial charge in [-0.25, -0.2) is 9.89 Å². The first-order valence-corrected chi connectivity index (χ1v) is 10.6. The number of ether oxygens (including phenoxy) is 3. The third-order valence-electron chi connectivity index (χ3n) is 4.90. The normalized spacial score (nSPS) is 19.3. The van der Waals surface area contributed by atoms with Gasteiger partial charge in [0.2, 0.25) is 17.4 Å². The lowest BCUT2D eigenvalue weighted by atomic mass is 9.93. The minimum atomic E-state index is -4.77. The Balaban J connectivity index is 1.74. The predicted molar refractivity (Wildman–Crippen MR) is 112 cm³/mol. The molecule has 0 aliphatic carbocycles. The second kappa shape index (κ2) is 10.1. The molecule has 2 N–H and O–H groups in total. The second-order valence-corrected chi connectivity index (χ2v) is 8.78. The molecule has 3 heterocycles. The van der Waals surface area contributed by atoms with Crippen LogP contribution in [0, 0.1) is 0 Å². The molecule has 2 aromatic heterocycles. The molecule has 0 spiro atoms. The van der Waals surface area contributed by atoms with Gasteiger partial charge in [-0.05, 0) is 33.6 Å². The van der Waals surface area contributed by atoms with Crippen molar-refractivity contribution in [2.45, 2.75) is 64.0 Å². The Morgan fingerprint density at radius 3 is 2.57 bits per heavy atom. The van der Waals surface area contributed by atoms with Gasteiger partial charge in [0.1, 0.15) is 5.60 Å². The van der Waals surface area contributed by atoms with Crippen LogP contribution in [0.5, 0.6) is 11.8 Å². The molecule has 1 saturated heterocycles. The van der Waals surface area contributed by atoms with E-state index < -0.39 is 48.8 Å². The first-order chi connectivity index (χ1) is 16.3. The summed E-state index contributed by atoms with van der Waals surface area (Å²) in [5, 5.41) is 8.52. The quantitative estimate of drug-likeness (QED) is 0.543. The monoisotopic (exact) mass is 508 g/mol. The van der Waals surface area contributed by atoms with Crippen molar-refractivity contribution >= 4 is 17.7 Å². The first kappa shape index (κ1) is 26.2. The number of halogens is 5. The molecule has 1 fully saturated rings. The number of carbonyl (C=O) groups excluding carboxylic acids is 1. The Labute approximate surface area is 197 Å². The Bertz CT molecular complexity index is 1010. The molecule has 0 radical (unpaired) electrons. The Hall–Kier alpha value is -3.39. The van der Waals surface area contributed by atoms with Crippen molar-refractivity contribution in [3.63, 3.8) is 0 Å². The van der Waals surface area contributed by atoms with Crippen LogP contribution in [-0.4, -0.2) is 68.2 Å². The maximum absolute atomic E-state index is 14.2. The zero-order chi connectivity index (χ0) is 25.9. The lowest BCUT2D eigenvalue weighted by Gasteiger charge is -2.34. The third kappa shape index (κ3) is 7.05. The molecular weight excluding hydrogens is 483 g/mol. The molecule has 10 nitrogen and oxygen atoms in total. The molecule has 35 heavy (non-hydrogen) atoms. The first-order valence-electron chi connectivity index (χ1n) is 10.6. The number of aromatic amines is 1. The van der Waals surface area contributed by atoms with Crippen molar-refractivity contribution in [2.24, 2.45) is 0 Å². The SMILES string of the molecule is CC(C)(C)OC(=O)N1CCCC(Oc2cncc(Nc3cc(OC(F)F)[nH]n3)n2)(C(F)(F)F)CC1. The van der Waals surface area contributed by atoms with Crippen LogP contribution in [0.4, 0.5) is 38.4 Å². The summed E-state index contributed by atoms with van der Waals surface area (Å²) >= 11 is 0. The van der Waals surface area contributed by atoms with Crippen LogP contribution in [-0.2, 0) is 4.74 Å². The van der Waals surface area contributed by atoms with E-state index in [9.17, 15) is 26.7 Å². The molecule has 2 aromatic rings. The van der Waals surface area contributed by atoms with Crippen molar-refractivity contribution in [3.8, 4) is 11.8 Å². The molecule has 0 aromatic carbocycles. The van der Waals surface area contributed by atoms with Gasteiger partial charge in [0.25, 0.3) is 0 Å². The van der Waals surface area contributed by atoms with Crippen LogP contribution in [0.1, 0.15) is 40.0 Å². The summed E-state index contributed by atoms with van der Waals surface area (Å²) in [5.74, 6) is -0.774. The fourth-order valence-corrected chi connectivity index (χ4v) is 3.37. The largest absolute Gasteiger partial charge is 0.460 e. The predicted octanol–water partition coefficient (Wildman–Crippen LogP) is 4.65. The highest BCUT2D eigenvalue weighted by Crippen LogP contribution is 2.42. The number of aromatic nitrogens is 4. The van der Waals surface area contributed by atoms with Crippen LogP contribution in [0.3, 0.4) is 0 Å². The van der Waals surface area contributed by atoms with Crippen LogP contribution >= 0.6 is 0 Å². The maximum atomic E-state index is 14.2. The highest BCUT2D eigenvalue weighted by Gasteiger charge is 2.58. The van der Waals surface area contributed by atoms with Gasteiger partial charge in [0.15, 0.2) is 11.6 Å². The highest BCUT2D eigenvalue weighted by molar-refractivity contribution is 5.68. The molecular formula is C20H25F5N6O4. The summed E-state index contributed by atoms with van der Waals surface area (Å²) in [4.78, 5) is 21.4. The standard InChI is InChI=1S/C20H25F5N6O4/c1-18(2,3)35-17(32)31-7-4-5-19(6-8-31,20(23,24)25)34-15-11-26-10-13(28-15)27-12-9-14(30-29-12)33-16(21)22/h9-11,16H,4-8H2,1-3H3,(H2,27,28,29,30). The number of hydrogen-bond acceptors (Lipinski definition) is 8. The molecule has 1 unspecified atom stereocenters. The fourth-order valence-electron chi connectivity index (χ4n) is 3.37. The van der Waals surface area contributed by atoms with Crippen molar-refractivity contribution in [3.05, 3.63) is 18.5 Å². The molecule has 1 aliphatic heterocycles. The molecule has 0 saturated carbocycles. The zero-order valence-electron chi connectivity index (χ0n) is 19.2. The number of rotatable bonds is 6. The topological polar surface area (TPSA) is 114 Å². The minimum Gasteiger partial charge on any atom is -0.460 e. The third-order valence-corrected chi connectivity index (χ3v) is 4.90. The second-order valence-electron chi connectivity index (χ2n) is 8.78. The lowest BCUT2D eigenvalue weighted by molar-refractivity contribution is -0.253. The summed E-state index contributed by atoms with van der Waals surface area (Å²) in [6.07, 6.45) is -4.20. The lowest BCUT2D eigenvalue weighted by Crippen LogP contribution is -2.51. The molecule has 0 bridgehead atoms. The summed E-state index contributed by atoms with van der Waals surface area (Å²) in [7, 11) is 0. The number of nitrogens with zero attached hydrogens (tertiary/aromatic N) is 4. The van der Waals surface area contributed by atoms with Gasteiger partial charge >= 0.3 is 18.9 Å². The van der Waals surface area contributed by atoms with E-state index in [1.165, 1.54) is 11.1 Å². The van der Waals surface area contributed by atoms with Crippen LogP contribution in [0.15, 0.2) is 18.5 Å². The molecule has 15 heteroatoms. The van der Waals surface area contributed by atoms with E-state index in [1.54, 1.807) is 20.8 Å². The van der Waals surface area contributed by atoms with E-state index in [-0.39, 0.29) is 37.0 Å². The highest BCUT2D eigenvalue weighted by atomic mass is 19.4. The maximum Gasteiger partial charge on any atom is 0.428 e. The van der Waals surface area contributed by atoms with Gasteiger partial charge in [-0.3, -0.25) is 4.98 Å². The molecule has 1 aliphatic rings. The number of anilines is 2. The van der Waals surface area contributed by atoms with E-state index in [0.717, 1.165) is 12.3 Å². The van der Waals surface area contributed by atoms with Gasteiger partial charge in [-0.2, -0.15) is 32.0 Å². The van der Waals surface area contributed by atoms with E-state index in [4.69, 9.17) is 9.47 Å². The van der Waals surface area contributed by atoms with Gasteiger partial charge in [-0.15, -0.1) is 0 Å². The smallest absolute Gasteiger partial charge is 0.428 e. The van der Waals surface area contributed by atoms with Crippen molar-refractivity contribution in [2.75, 3.05) is 18.4 Å².